The zero-order chi connectivity index (χ0) is 71.8. The van der Waals surface area contributed by atoms with Crippen molar-refractivity contribution in [2.75, 3.05) is 13.7 Å². The maximum absolute atomic E-state index is 16.0. The summed E-state index contributed by atoms with van der Waals surface area (Å²) in [6.07, 6.45) is -18.3. The number of ketones is 2. The van der Waals surface area contributed by atoms with Gasteiger partial charge < -0.3 is 102 Å². The molecule has 0 saturated carbocycles. The number of nitrogens with one attached hydrogen (secondary N) is 4. The number of carbonyl (C=O) groups is 9. The number of carbonyl (C=O) groups excluding carboxylic acids is 8. The molecule has 6 amide bonds. The highest BCUT2D eigenvalue weighted by Crippen LogP contribution is 2.50. The summed E-state index contributed by atoms with van der Waals surface area (Å²) in [5.74, 6) is -19.4. The number of hydrogen-bond acceptors (Lipinski definition) is 23. The van der Waals surface area contributed by atoms with E-state index in [1.165, 1.54) is 19.2 Å². The number of primary amides is 1. The normalized spacial score (nSPS) is 25.5. The number of nitrogens with zero attached hydrogens (tertiary/aromatic N) is 1. The molecule has 6 aliphatic rings. The lowest BCUT2D eigenvalue weighted by molar-refractivity contribution is -0.277. The third-order valence-electron chi connectivity index (χ3n) is 16.8. The number of aromatic hydroxyl groups is 3. The summed E-state index contributed by atoms with van der Waals surface area (Å²) in [5, 5.41) is 121. The molecule has 30 nitrogen and oxygen atoms in total. The van der Waals surface area contributed by atoms with Gasteiger partial charge in [-0.05, 0) is 110 Å². The number of aliphatic carboxylic acids is 1. The van der Waals surface area contributed by atoms with Crippen molar-refractivity contribution in [3.8, 4) is 57.1 Å². The lowest BCUT2D eigenvalue weighted by Gasteiger charge is -2.39. The lowest BCUT2D eigenvalue weighted by atomic mass is 9.84. The van der Waals surface area contributed by atoms with E-state index in [4.69, 9.17) is 52.6 Å². The summed E-state index contributed by atoms with van der Waals surface area (Å²) in [7, 11) is 1.28. The van der Waals surface area contributed by atoms with Crippen molar-refractivity contribution in [1.82, 2.24) is 26.2 Å². The number of benzene rings is 5. The van der Waals surface area contributed by atoms with Gasteiger partial charge in [-0.25, -0.2) is 9.59 Å². The number of amides is 6. The molecule has 1 saturated heterocycles. The molecule has 11 bridgehead atoms. The molecule has 98 heavy (non-hydrogen) atoms. The minimum absolute atomic E-state index is 0.0304. The van der Waals surface area contributed by atoms with E-state index in [0.29, 0.717) is 0 Å². The quantitative estimate of drug-likeness (QED) is 0.0900. The molecule has 0 spiro atoms. The van der Waals surface area contributed by atoms with Gasteiger partial charge in [0.2, 0.25) is 41.6 Å². The average molecular weight is 1400 g/mol. The Morgan fingerprint density at radius 1 is 0.714 bits per heavy atom. The van der Waals surface area contributed by atoms with Crippen LogP contribution in [0.15, 0.2) is 78.9 Å². The van der Waals surface area contributed by atoms with Gasteiger partial charge in [0.15, 0.2) is 29.1 Å². The topological polar surface area (TPSA) is 479 Å². The number of phenolic OH excluding ortho intramolecular Hbond substituents is 3. The minimum atomic E-state index is -2.25. The molecular formula is C66H72Cl2N6O24. The van der Waals surface area contributed by atoms with Crippen molar-refractivity contribution in [2.24, 2.45) is 17.6 Å². The first-order valence-corrected chi connectivity index (χ1v) is 31.4. The van der Waals surface area contributed by atoms with Gasteiger partial charge in [-0.15, -0.1) is 0 Å². The summed E-state index contributed by atoms with van der Waals surface area (Å²) in [6, 6.07) is 3.59. The van der Waals surface area contributed by atoms with Crippen LogP contribution in [0.25, 0.3) is 11.1 Å². The second-order valence-electron chi connectivity index (χ2n) is 25.5. The van der Waals surface area contributed by atoms with Gasteiger partial charge in [-0.1, -0.05) is 55.2 Å². The lowest BCUT2D eigenvalue weighted by Crippen LogP contribution is -2.60. The summed E-state index contributed by atoms with van der Waals surface area (Å²) < 4.78 is 30.6. The zero-order valence-electron chi connectivity index (χ0n) is 53.2. The molecule has 32 heteroatoms. The number of aliphatic hydroxyl groups is 6. The van der Waals surface area contributed by atoms with Crippen LogP contribution in [0.3, 0.4) is 0 Å². The van der Waals surface area contributed by atoms with Crippen molar-refractivity contribution < 1.29 is 118 Å². The molecule has 11 rings (SSSR count). The van der Waals surface area contributed by atoms with Crippen LogP contribution in [-0.2, 0) is 47.8 Å². The molecule has 16 N–H and O–H groups in total. The number of Topliss-reactive ketones (excluding diaryl/α,β-unsaturated/α-hetero) is 2. The largest absolute Gasteiger partial charge is 0.508 e. The molecule has 5 aromatic rings. The van der Waals surface area contributed by atoms with Crippen molar-refractivity contribution >= 4 is 76.4 Å². The van der Waals surface area contributed by atoms with Gasteiger partial charge in [-0.2, -0.15) is 0 Å². The number of ether oxygens (including phenoxy) is 5. The molecule has 5 aromatic carbocycles. The van der Waals surface area contributed by atoms with Gasteiger partial charge in [0.25, 0.3) is 0 Å². The van der Waals surface area contributed by atoms with Crippen LogP contribution in [0.2, 0.25) is 10.0 Å². The first-order chi connectivity index (χ1) is 46.0. The van der Waals surface area contributed by atoms with E-state index in [1.807, 2.05) is 0 Å². The molecular weight excluding hydrogens is 1330 g/mol. The van der Waals surface area contributed by atoms with Crippen LogP contribution < -0.4 is 41.2 Å². The molecule has 0 radical (unpaired) electrons. The molecule has 0 aromatic heterocycles. The Balaban J connectivity index is 1.30. The fourth-order valence-corrected chi connectivity index (χ4v) is 12.2. The SMILES string of the molecule is CC(C)C[C@H](C(=O)N[C@H]1C(=O)C[C@@H](CC(N)=O)C(=O)N[C@H]2C(=O)C[C@H]3C(=O)N[C@@H](C(=O)N[C@H](C(=O)O)c4cc(O)cc(O)c4-c4cc3ccc4O)[C@H](O)c3ccc(c(Cl)c3)Oc3cc2cc(c3OC2OC(CO)C(O)C(O)C2O)Oc2ccc(cc2Cl)[C@H]1O)N(C)C(=O)OC(C)(C)C. The number of likely N-dealkylation sites (N-methyl/N-ethyl adjacent to an activating group) is 1. The van der Waals surface area contributed by atoms with E-state index < -0.39 is 231 Å². The van der Waals surface area contributed by atoms with Gasteiger partial charge in [0.05, 0.1) is 28.5 Å². The summed E-state index contributed by atoms with van der Waals surface area (Å²) >= 11 is 14.0. The summed E-state index contributed by atoms with van der Waals surface area (Å²) in [5.41, 5.74) is 2.15. The van der Waals surface area contributed by atoms with E-state index in [1.54, 1.807) is 34.6 Å². The maximum atomic E-state index is 16.0. The van der Waals surface area contributed by atoms with Crippen LogP contribution in [0.4, 0.5) is 4.79 Å². The number of nitrogens with two attached hydrogens (primary N) is 1. The van der Waals surface area contributed by atoms with Crippen molar-refractivity contribution in [1.29, 1.82) is 0 Å². The van der Waals surface area contributed by atoms with Crippen LogP contribution in [0.5, 0.6) is 46.0 Å². The van der Waals surface area contributed by atoms with Gasteiger partial charge >= 0.3 is 12.1 Å². The van der Waals surface area contributed by atoms with Crippen LogP contribution in [0, 0.1) is 11.8 Å². The standard InChI is InChI=1S/C66H72Cl2N6O24/c1-25(2)13-37(74(6)65(93)98-66(3,4)5)61(89)72-51-40(79)17-30(20-47(69)81)59(87)70-49-29-18-44(94-42-11-8-27(53(51)82)15-35(42)67)58(97-64-57(86)56(85)55(84)46(24-75)96-64)45(19-29)95-43-12-9-28(16-36(43)68)54(83)52-62(90)71-50(63(91)92)34-21-31(76)22-39(78)48(34)33-14-26(7-10-38(33)77)32(23-41(49)80)60(88)73-52/h7-12,14-16,18-19,21-22,25,30,32,37,46,49-57,64,75-78,82-86H,13,17,20,23-24H2,1-6H3,(H2,69,81)(H,70,87)(H,71,90)(H,72,89)(H,73,88)(H,91,92)/t30-,32+,37+,46?,49+,50-,51-,52+,53+,54+,55?,56?,57?,64?/m0/s1. The van der Waals surface area contributed by atoms with E-state index in [-0.39, 0.29) is 45.6 Å². The fourth-order valence-electron chi connectivity index (χ4n) is 11.8. The fraction of sp³-hybridized carbons (Fsp3) is 0.409. The smallest absolute Gasteiger partial charge is 0.410 e. The highest BCUT2D eigenvalue weighted by atomic mass is 35.5. The Hall–Kier alpha value is -9.37. The Morgan fingerprint density at radius 3 is 1.90 bits per heavy atom. The Kier molecular flexibility index (Phi) is 21.8. The first kappa shape index (κ1) is 72.9. The zero-order valence-corrected chi connectivity index (χ0v) is 54.7. The number of carboxylic acid groups (broad SMARTS) is 1. The highest BCUT2D eigenvalue weighted by Gasteiger charge is 2.47. The number of rotatable bonds is 11. The molecule has 1 fully saturated rings. The molecule has 6 heterocycles. The van der Waals surface area contributed by atoms with E-state index >= 15 is 19.2 Å². The maximum Gasteiger partial charge on any atom is 0.410 e. The predicted octanol–water partition coefficient (Wildman–Crippen LogP) is 3.49. The molecule has 6 aliphatic heterocycles. The monoisotopic (exact) mass is 1400 g/mol. The van der Waals surface area contributed by atoms with E-state index in [9.17, 15) is 75.0 Å². The molecule has 5 unspecified atom stereocenters. The van der Waals surface area contributed by atoms with Crippen LogP contribution >= 0.6 is 23.2 Å². The predicted molar refractivity (Wildman–Crippen MR) is 340 cm³/mol. The Morgan fingerprint density at radius 2 is 1.33 bits per heavy atom. The van der Waals surface area contributed by atoms with Crippen molar-refractivity contribution in [3.05, 3.63) is 117 Å². The van der Waals surface area contributed by atoms with Gasteiger partial charge in [0, 0.05) is 49.1 Å². The Labute approximate surface area is 568 Å². The third kappa shape index (κ3) is 15.8. The second-order valence-corrected chi connectivity index (χ2v) is 26.3. The van der Waals surface area contributed by atoms with Crippen LogP contribution in [-0.4, -0.2) is 177 Å². The number of phenols is 3. The second kappa shape index (κ2) is 29.4. The summed E-state index contributed by atoms with van der Waals surface area (Å²) in [4.78, 5) is 132. The van der Waals surface area contributed by atoms with Crippen molar-refractivity contribution in [3.63, 3.8) is 0 Å². The molecule has 524 valence electrons. The van der Waals surface area contributed by atoms with Gasteiger partial charge in [-0.3, -0.25) is 38.5 Å². The Bertz CT molecular complexity index is 4000. The number of halogens is 2. The van der Waals surface area contributed by atoms with Crippen molar-refractivity contribution in [2.45, 2.75) is 145 Å². The van der Waals surface area contributed by atoms with E-state index in [2.05, 4.69) is 21.3 Å². The number of carboxylic acids is 1. The molecule has 0 aliphatic carbocycles. The van der Waals surface area contributed by atoms with Crippen LogP contribution in [0.1, 0.15) is 118 Å². The minimum Gasteiger partial charge on any atom is -0.508 e. The number of hydrogen-bond donors (Lipinski definition) is 15. The van der Waals surface area contributed by atoms with Gasteiger partial charge in [0.1, 0.15) is 95.1 Å². The first-order valence-electron chi connectivity index (χ1n) is 30.6. The number of aliphatic hydroxyl groups excluding tert-OH is 6. The highest BCUT2D eigenvalue weighted by molar-refractivity contribution is 6.32. The number of fused-ring (bicyclic) bond motifs is 15. The van der Waals surface area contributed by atoms with E-state index in [0.717, 1.165) is 71.6 Å². The molecule has 14 atom stereocenters. The average Bonchev–Trinajstić information content (AvgIpc) is 0.770. The third-order valence-corrected chi connectivity index (χ3v) is 17.4. The summed E-state index contributed by atoms with van der Waals surface area (Å²) in [6.45, 7) is 7.31.